The molecule has 1 aromatic rings. The van der Waals surface area contributed by atoms with E-state index >= 15 is 0 Å². The van der Waals surface area contributed by atoms with E-state index in [-0.39, 0.29) is 24.7 Å². The summed E-state index contributed by atoms with van der Waals surface area (Å²) in [6.07, 6.45) is -4.50. The Bertz CT molecular complexity index is 498. The van der Waals surface area contributed by atoms with Gasteiger partial charge in [0.1, 0.15) is 6.54 Å². The number of halogens is 5. The molecule has 0 radical (unpaired) electrons. The minimum Gasteiger partial charge on any atom is -0.395 e. The number of nitrogens with zero attached hydrogens (tertiary/aromatic N) is 1. The van der Waals surface area contributed by atoms with Gasteiger partial charge in [0.05, 0.1) is 16.7 Å². The lowest BCUT2D eigenvalue weighted by Crippen LogP contribution is -2.44. The first-order valence-corrected chi connectivity index (χ1v) is 6.63. The van der Waals surface area contributed by atoms with Gasteiger partial charge in [0.15, 0.2) is 0 Å². The van der Waals surface area contributed by atoms with Gasteiger partial charge in [-0.3, -0.25) is 0 Å². The second-order valence-corrected chi connectivity index (χ2v) is 4.98. The van der Waals surface area contributed by atoms with Gasteiger partial charge in [0.2, 0.25) is 0 Å². The molecule has 9 heteroatoms. The molecular weight excluding hydrogens is 332 g/mol. The maximum absolute atomic E-state index is 12.1. The van der Waals surface area contributed by atoms with Crippen molar-refractivity contribution in [2.45, 2.75) is 12.7 Å². The van der Waals surface area contributed by atoms with Crippen molar-refractivity contribution < 1.29 is 23.1 Å². The van der Waals surface area contributed by atoms with Crippen LogP contribution in [-0.4, -0.2) is 41.9 Å². The van der Waals surface area contributed by atoms with Gasteiger partial charge in [-0.05, 0) is 17.7 Å². The lowest BCUT2D eigenvalue weighted by molar-refractivity contribution is -0.123. The molecule has 0 unspecified atom stereocenters. The average molecular weight is 345 g/mol. The first-order valence-electron chi connectivity index (χ1n) is 5.87. The van der Waals surface area contributed by atoms with Crippen LogP contribution >= 0.6 is 23.2 Å². The summed E-state index contributed by atoms with van der Waals surface area (Å²) in [5.41, 5.74) is 0.583. The molecule has 0 aliphatic heterocycles. The van der Waals surface area contributed by atoms with E-state index in [0.29, 0.717) is 10.6 Å². The largest absolute Gasteiger partial charge is 0.405 e. The summed E-state index contributed by atoms with van der Waals surface area (Å²) in [6.45, 7) is -1.92. The quantitative estimate of drug-likeness (QED) is 0.862. The van der Waals surface area contributed by atoms with E-state index in [4.69, 9.17) is 28.3 Å². The summed E-state index contributed by atoms with van der Waals surface area (Å²) in [4.78, 5) is 12.7. The van der Waals surface area contributed by atoms with Gasteiger partial charge in [-0.1, -0.05) is 29.3 Å². The monoisotopic (exact) mass is 344 g/mol. The fourth-order valence-electron chi connectivity index (χ4n) is 1.52. The van der Waals surface area contributed by atoms with E-state index in [0.717, 1.165) is 4.90 Å². The molecule has 0 aliphatic rings. The number of aliphatic hydroxyl groups is 1. The third-order valence-electron chi connectivity index (χ3n) is 2.45. The molecule has 1 rings (SSSR count). The molecule has 0 saturated carbocycles. The van der Waals surface area contributed by atoms with E-state index in [1.165, 1.54) is 12.1 Å². The van der Waals surface area contributed by atoms with Crippen LogP contribution in [0, 0.1) is 0 Å². The second kappa shape index (κ2) is 7.72. The second-order valence-electron chi connectivity index (χ2n) is 4.17. The summed E-state index contributed by atoms with van der Waals surface area (Å²) in [6, 6.07) is 3.69. The molecule has 0 aromatic heterocycles. The number of rotatable bonds is 5. The van der Waals surface area contributed by atoms with Gasteiger partial charge in [0, 0.05) is 13.1 Å². The van der Waals surface area contributed by atoms with Crippen molar-refractivity contribution in [3.05, 3.63) is 33.8 Å². The van der Waals surface area contributed by atoms with Gasteiger partial charge in [-0.2, -0.15) is 13.2 Å². The Morgan fingerprint density at radius 3 is 2.48 bits per heavy atom. The summed E-state index contributed by atoms with van der Waals surface area (Å²) in [7, 11) is 0. The highest BCUT2D eigenvalue weighted by atomic mass is 35.5. The molecule has 0 atom stereocenters. The Labute approximate surface area is 129 Å². The molecule has 0 saturated heterocycles. The fraction of sp³-hybridized carbons (Fsp3) is 0.417. The molecule has 0 spiro atoms. The molecule has 118 valence electrons. The number of alkyl halides is 3. The molecule has 2 amide bonds. The minimum atomic E-state index is -4.50. The molecule has 1 aromatic carbocycles. The van der Waals surface area contributed by atoms with Crippen molar-refractivity contribution in [1.82, 2.24) is 10.2 Å². The number of carbonyl (C=O) groups excluding carboxylic acids is 1. The Morgan fingerprint density at radius 2 is 1.95 bits per heavy atom. The molecule has 2 N–H and O–H groups in total. The van der Waals surface area contributed by atoms with Crippen LogP contribution in [0.3, 0.4) is 0 Å². The van der Waals surface area contributed by atoms with Crippen molar-refractivity contribution in [3.8, 4) is 0 Å². The van der Waals surface area contributed by atoms with Gasteiger partial charge < -0.3 is 15.3 Å². The van der Waals surface area contributed by atoms with Crippen molar-refractivity contribution in [1.29, 1.82) is 0 Å². The lowest BCUT2D eigenvalue weighted by atomic mass is 10.2. The van der Waals surface area contributed by atoms with Gasteiger partial charge in [0.25, 0.3) is 0 Å². The van der Waals surface area contributed by atoms with E-state index in [2.05, 4.69) is 0 Å². The minimum absolute atomic E-state index is 0.00113. The smallest absolute Gasteiger partial charge is 0.395 e. The number of nitrogens with one attached hydrogen (secondary N) is 1. The third kappa shape index (κ3) is 6.41. The van der Waals surface area contributed by atoms with Crippen LogP contribution in [0.4, 0.5) is 18.0 Å². The number of urea groups is 1. The third-order valence-corrected chi connectivity index (χ3v) is 3.19. The number of carbonyl (C=O) groups is 1. The van der Waals surface area contributed by atoms with Gasteiger partial charge in [-0.15, -0.1) is 0 Å². The van der Waals surface area contributed by atoms with Crippen LogP contribution in [-0.2, 0) is 6.54 Å². The molecule has 0 fully saturated rings. The summed E-state index contributed by atoms with van der Waals surface area (Å²) < 4.78 is 36.2. The molecule has 0 heterocycles. The Morgan fingerprint density at radius 1 is 1.29 bits per heavy atom. The highest BCUT2D eigenvalue weighted by molar-refractivity contribution is 6.42. The van der Waals surface area contributed by atoms with E-state index < -0.39 is 18.8 Å². The molecule has 0 bridgehead atoms. The topological polar surface area (TPSA) is 52.6 Å². The predicted octanol–water partition coefficient (Wildman–Crippen LogP) is 3.06. The Kier molecular flexibility index (Phi) is 6.57. The zero-order valence-corrected chi connectivity index (χ0v) is 12.3. The average Bonchev–Trinajstić information content (AvgIpc) is 2.39. The Hall–Kier alpha value is -1.18. The fourth-order valence-corrected chi connectivity index (χ4v) is 1.84. The maximum Gasteiger partial charge on any atom is 0.405 e. The molecule has 21 heavy (non-hydrogen) atoms. The van der Waals surface area contributed by atoms with Crippen molar-refractivity contribution in [2.75, 3.05) is 19.7 Å². The van der Waals surface area contributed by atoms with Crippen LogP contribution < -0.4 is 5.32 Å². The highest BCUT2D eigenvalue weighted by Crippen LogP contribution is 2.23. The number of amides is 2. The number of aliphatic hydroxyl groups excluding tert-OH is 1. The Balaban J connectivity index is 2.72. The molecule has 0 aliphatic carbocycles. The summed E-state index contributed by atoms with van der Waals surface area (Å²) in [5.74, 6) is 0. The van der Waals surface area contributed by atoms with Crippen molar-refractivity contribution in [2.24, 2.45) is 0 Å². The van der Waals surface area contributed by atoms with Crippen molar-refractivity contribution in [3.63, 3.8) is 0 Å². The standard InChI is InChI=1S/C12H13Cl2F3N2O2/c13-9-2-1-8(5-10(9)14)6-19(3-4-20)11(21)18-7-12(15,16)17/h1-2,5,20H,3-4,6-7H2,(H,18,21). The maximum atomic E-state index is 12.1. The predicted molar refractivity (Wildman–Crippen MR) is 73.4 cm³/mol. The summed E-state index contributed by atoms with van der Waals surface area (Å²) in [5, 5.41) is 11.2. The number of benzene rings is 1. The first-order chi connectivity index (χ1) is 9.73. The summed E-state index contributed by atoms with van der Waals surface area (Å²) >= 11 is 11.6. The van der Waals surface area contributed by atoms with Gasteiger partial charge >= 0.3 is 12.2 Å². The normalized spacial score (nSPS) is 11.3. The van der Waals surface area contributed by atoms with Crippen LogP contribution in [0.1, 0.15) is 5.56 Å². The molecular formula is C12H13Cl2F3N2O2. The van der Waals surface area contributed by atoms with Crippen LogP contribution in [0.25, 0.3) is 0 Å². The number of hydrogen-bond donors (Lipinski definition) is 2. The van der Waals surface area contributed by atoms with Crippen LogP contribution in [0.2, 0.25) is 10.0 Å². The molecule has 4 nitrogen and oxygen atoms in total. The SMILES string of the molecule is O=C(NCC(F)(F)F)N(CCO)Cc1ccc(Cl)c(Cl)c1. The van der Waals surface area contributed by atoms with Gasteiger partial charge in [-0.25, -0.2) is 4.79 Å². The zero-order valence-electron chi connectivity index (χ0n) is 10.8. The van der Waals surface area contributed by atoms with E-state index in [1.807, 2.05) is 0 Å². The number of hydrogen-bond acceptors (Lipinski definition) is 2. The highest BCUT2D eigenvalue weighted by Gasteiger charge is 2.28. The van der Waals surface area contributed by atoms with E-state index in [9.17, 15) is 18.0 Å². The first kappa shape index (κ1) is 17.9. The zero-order chi connectivity index (χ0) is 16.0. The lowest BCUT2D eigenvalue weighted by Gasteiger charge is -2.23. The van der Waals surface area contributed by atoms with Crippen molar-refractivity contribution >= 4 is 29.2 Å². The van der Waals surface area contributed by atoms with E-state index in [1.54, 1.807) is 11.4 Å². The van der Waals surface area contributed by atoms with Crippen LogP contribution in [0.5, 0.6) is 0 Å². The van der Waals surface area contributed by atoms with Crippen LogP contribution in [0.15, 0.2) is 18.2 Å².